The molecule has 0 radical (unpaired) electrons. The van der Waals surface area contributed by atoms with E-state index in [-0.39, 0.29) is 5.84 Å². The quantitative estimate of drug-likeness (QED) is 0.457. The fourth-order valence-electron chi connectivity index (χ4n) is 1.87. The monoisotopic (exact) mass is 280 g/mol. The molecule has 1 atom stereocenters. The molecule has 1 rings (SSSR count). The lowest BCUT2D eigenvalue weighted by Gasteiger charge is -2.15. The van der Waals surface area contributed by atoms with E-state index in [1.54, 1.807) is 11.8 Å². The zero-order valence-electron chi connectivity index (χ0n) is 12.3. The lowest BCUT2D eigenvalue weighted by atomic mass is 10.0. The van der Waals surface area contributed by atoms with Crippen LogP contribution in [0.5, 0.6) is 0 Å². The number of rotatable bonds is 7. The van der Waals surface area contributed by atoms with Crippen LogP contribution in [0.4, 0.5) is 0 Å². The first kappa shape index (κ1) is 16.0. The van der Waals surface area contributed by atoms with Gasteiger partial charge in [-0.1, -0.05) is 34.1 Å². The van der Waals surface area contributed by atoms with Crippen molar-refractivity contribution in [2.24, 2.45) is 11.7 Å². The molecule has 1 unspecified atom stereocenters. The summed E-state index contributed by atoms with van der Waals surface area (Å²) in [5, 5.41) is 17.2. The Morgan fingerprint density at radius 1 is 1.26 bits per heavy atom. The number of hydrogen-bond donors (Lipinski definition) is 2. The van der Waals surface area contributed by atoms with Gasteiger partial charge in [0.2, 0.25) is 0 Å². The van der Waals surface area contributed by atoms with E-state index in [1.165, 1.54) is 0 Å². The molecule has 0 bridgehead atoms. The highest BCUT2D eigenvalue weighted by molar-refractivity contribution is 7.99. The van der Waals surface area contributed by atoms with Crippen LogP contribution in [0.3, 0.4) is 0 Å². The topological polar surface area (TPSA) is 75.7 Å². The average Bonchev–Trinajstić information content (AvgIpc) is 2.42. The van der Waals surface area contributed by atoms with Crippen LogP contribution < -0.4 is 5.73 Å². The molecule has 5 heteroatoms. The Kier molecular flexibility index (Phi) is 6.28. The van der Waals surface area contributed by atoms with Crippen molar-refractivity contribution in [3.63, 3.8) is 0 Å². The van der Waals surface area contributed by atoms with Gasteiger partial charge < -0.3 is 5.73 Å². The van der Waals surface area contributed by atoms with Crippen LogP contribution in [0, 0.1) is 11.3 Å². The number of aromatic nitrogens is 2. The minimum atomic E-state index is 0.105. The lowest BCUT2D eigenvalue weighted by molar-refractivity contribution is 0.636. The molecule has 1 aromatic rings. The van der Waals surface area contributed by atoms with Gasteiger partial charge in [0.1, 0.15) is 10.9 Å². The Morgan fingerprint density at radius 3 is 2.42 bits per heavy atom. The number of thioether (sulfide) groups is 1. The number of hydrogen-bond acceptors (Lipinski definition) is 4. The second kappa shape index (κ2) is 7.48. The summed E-state index contributed by atoms with van der Waals surface area (Å²) in [7, 11) is 0. The Balaban J connectivity index is 3.13. The van der Waals surface area contributed by atoms with Crippen molar-refractivity contribution in [1.82, 2.24) is 10.2 Å². The summed E-state index contributed by atoms with van der Waals surface area (Å²) in [6, 6.07) is 0. The molecule has 0 aliphatic carbocycles. The minimum Gasteiger partial charge on any atom is -0.384 e. The predicted octanol–water partition coefficient (Wildman–Crippen LogP) is 3.02. The van der Waals surface area contributed by atoms with Gasteiger partial charge in [0.15, 0.2) is 0 Å². The third-order valence-corrected chi connectivity index (χ3v) is 4.58. The van der Waals surface area contributed by atoms with Gasteiger partial charge in [-0.05, 0) is 24.3 Å². The number of aryl methyl sites for hydroxylation is 1. The summed E-state index contributed by atoms with van der Waals surface area (Å²) in [4.78, 5) is 0. The van der Waals surface area contributed by atoms with Crippen LogP contribution in [0.1, 0.15) is 50.9 Å². The molecular weight excluding hydrogens is 256 g/mol. The van der Waals surface area contributed by atoms with Gasteiger partial charge in [-0.3, -0.25) is 5.41 Å². The number of amidine groups is 1. The van der Waals surface area contributed by atoms with E-state index in [1.807, 2.05) is 0 Å². The first-order chi connectivity index (χ1) is 9.04. The van der Waals surface area contributed by atoms with E-state index in [9.17, 15) is 0 Å². The molecule has 0 saturated carbocycles. The molecule has 0 aromatic carbocycles. The van der Waals surface area contributed by atoms with E-state index in [0.717, 1.165) is 46.9 Å². The second-order valence-electron chi connectivity index (χ2n) is 4.75. The average molecular weight is 280 g/mol. The highest BCUT2D eigenvalue weighted by Gasteiger charge is 2.17. The van der Waals surface area contributed by atoms with Gasteiger partial charge in [0, 0.05) is 5.75 Å². The molecule has 106 valence electrons. The molecule has 0 amide bonds. The van der Waals surface area contributed by atoms with Crippen LogP contribution in [0.25, 0.3) is 0 Å². The Bertz CT molecular complexity index is 445. The maximum Gasteiger partial charge on any atom is 0.130 e. The van der Waals surface area contributed by atoms with Crippen LogP contribution >= 0.6 is 11.8 Å². The molecule has 0 fully saturated rings. The Hall–Kier alpha value is -1.10. The Morgan fingerprint density at radius 2 is 1.95 bits per heavy atom. The maximum atomic E-state index is 7.82. The molecule has 0 aliphatic heterocycles. The lowest BCUT2D eigenvalue weighted by Crippen LogP contribution is -2.19. The van der Waals surface area contributed by atoms with E-state index in [0.29, 0.717) is 5.92 Å². The molecule has 4 nitrogen and oxygen atoms in total. The summed E-state index contributed by atoms with van der Waals surface area (Å²) in [6.45, 7) is 8.53. The van der Waals surface area contributed by atoms with E-state index < -0.39 is 0 Å². The van der Waals surface area contributed by atoms with Crippen molar-refractivity contribution in [1.29, 1.82) is 5.41 Å². The number of nitrogens with zero attached hydrogens (tertiary/aromatic N) is 2. The van der Waals surface area contributed by atoms with Crippen molar-refractivity contribution in [2.75, 3.05) is 5.75 Å². The summed E-state index contributed by atoms with van der Waals surface area (Å²) in [6.07, 6.45) is 2.81. The summed E-state index contributed by atoms with van der Waals surface area (Å²) in [5.41, 5.74) is 8.59. The number of nitrogens with one attached hydrogen (secondary N) is 1. The van der Waals surface area contributed by atoms with Gasteiger partial charge in [-0.25, -0.2) is 0 Å². The molecule has 0 spiro atoms. The van der Waals surface area contributed by atoms with Crippen LogP contribution in [-0.2, 0) is 12.8 Å². The van der Waals surface area contributed by atoms with Crippen molar-refractivity contribution in [3.8, 4) is 0 Å². The second-order valence-corrected chi connectivity index (χ2v) is 5.76. The zero-order chi connectivity index (χ0) is 14.4. The molecular formula is C14H24N4S. The largest absolute Gasteiger partial charge is 0.384 e. The number of nitrogen functional groups attached to an aromatic ring is 1. The SMILES string of the molecule is CCc1nnc(SCC(C)CC)c(C(=N)N)c1CC. The molecule has 1 heterocycles. The fraction of sp³-hybridized carbons (Fsp3) is 0.643. The summed E-state index contributed by atoms with van der Waals surface area (Å²) < 4.78 is 0. The van der Waals surface area contributed by atoms with Gasteiger partial charge in [0.05, 0.1) is 11.3 Å². The minimum absolute atomic E-state index is 0.105. The molecule has 1 aromatic heterocycles. The first-order valence-corrected chi connectivity index (χ1v) is 7.89. The first-order valence-electron chi connectivity index (χ1n) is 6.90. The molecule has 0 saturated heterocycles. The van der Waals surface area contributed by atoms with Gasteiger partial charge in [-0.2, -0.15) is 5.10 Å². The van der Waals surface area contributed by atoms with Crippen LogP contribution in [0.15, 0.2) is 5.03 Å². The van der Waals surface area contributed by atoms with E-state index >= 15 is 0 Å². The van der Waals surface area contributed by atoms with Crippen molar-refractivity contribution in [3.05, 3.63) is 16.8 Å². The molecule has 19 heavy (non-hydrogen) atoms. The summed E-state index contributed by atoms with van der Waals surface area (Å²) in [5.74, 6) is 1.72. The third-order valence-electron chi connectivity index (χ3n) is 3.28. The smallest absolute Gasteiger partial charge is 0.130 e. The van der Waals surface area contributed by atoms with Crippen molar-refractivity contribution >= 4 is 17.6 Å². The summed E-state index contributed by atoms with van der Waals surface area (Å²) >= 11 is 1.66. The highest BCUT2D eigenvalue weighted by atomic mass is 32.2. The predicted molar refractivity (Wildman–Crippen MR) is 82.0 cm³/mol. The normalized spacial score (nSPS) is 12.4. The molecule has 3 N–H and O–H groups in total. The van der Waals surface area contributed by atoms with Gasteiger partial charge in [0.25, 0.3) is 0 Å². The van der Waals surface area contributed by atoms with Crippen molar-refractivity contribution < 1.29 is 0 Å². The standard InChI is InChI=1S/C14H24N4S/c1-5-9(4)8-19-14-12(13(15)16)10(6-2)11(7-3)17-18-14/h9H,5-8H2,1-4H3,(H3,15,16). The van der Waals surface area contributed by atoms with E-state index in [2.05, 4.69) is 37.9 Å². The van der Waals surface area contributed by atoms with Crippen molar-refractivity contribution in [2.45, 2.75) is 52.0 Å². The van der Waals surface area contributed by atoms with Gasteiger partial charge in [-0.15, -0.1) is 16.9 Å². The van der Waals surface area contributed by atoms with Crippen LogP contribution in [0.2, 0.25) is 0 Å². The van der Waals surface area contributed by atoms with E-state index in [4.69, 9.17) is 11.1 Å². The zero-order valence-corrected chi connectivity index (χ0v) is 13.1. The fourth-order valence-corrected chi connectivity index (χ4v) is 3.03. The highest BCUT2D eigenvalue weighted by Crippen LogP contribution is 2.27. The Labute approximate surface area is 120 Å². The maximum absolute atomic E-state index is 7.82. The van der Waals surface area contributed by atoms with Gasteiger partial charge >= 0.3 is 0 Å². The third kappa shape index (κ3) is 3.93. The number of nitrogens with two attached hydrogens (primary N) is 1. The molecule has 0 aliphatic rings. The van der Waals surface area contributed by atoms with Crippen LogP contribution in [-0.4, -0.2) is 21.8 Å².